The predicted octanol–water partition coefficient (Wildman–Crippen LogP) is 0.0836. The van der Waals surface area contributed by atoms with Gasteiger partial charge in [-0.25, -0.2) is 0 Å². The molecule has 1 amide bonds. The Balaban J connectivity index is 4.23. The summed E-state index contributed by atoms with van der Waals surface area (Å²) in [6.07, 6.45) is 1.57. The van der Waals surface area contributed by atoms with Gasteiger partial charge in [0, 0.05) is 6.54 Å². The van der Waals surface area contributed by atoms with Crippen LogP contribution in [-0.2, 0) is 9.59 Å². The van der Waals surface area contributed by atoms with Crippen LogP contribution in [0.5, 0.6) is 0 Å². The number of rotatable bonds is 6. The standard InChI is InChI=1S/C10H18N2O3/c1-5-6-11-8(13)7-12(4)10(2,3)9(14)15/h5H,1,6-7H2,2-4H3,(H,11,13)(H,14,15). The Morgan fingerprint density at radius 1 is 1.53 bits per heavy atom. The van der Waals surface area contributed by atoms with Crippen molar-refractivity contribution in [3.05, 3.63) is 12.7 Å². The zero-order chi connectivity index (χ0) is 12.1. The van der Waals surface area contributed by atoms with Gasteiger partial charge in [-0.05, 0) is 20.9 Å². The van der Waals surface area contributed by atoms with Gasteiger partial charge in [-0.2, -0.15) is 0 Å². The van der Waals surface area contributed by atoms with Crippen LogP contribution >= 0.6 is 0 Å². The molecule has 0 saturated heterocycles. The first-order valence-electron chi connectivity index (χ1n) is 4.64. The average molecular weight is 214 g/mol. The molecule has 0 spiro atoms. The van der Waals surface area contributed by atoms with Crippen LogP contribution in [0.2, 0.25) is 0 Å². The smallest absolute Gasteiger partial charge is 0.323 e. The molecule has 0 aromatic heterocycles. The molecule has 0 atom stereocenters. The summed E-state index contributed by atoms with van der Waals surface area (Å²) in [6.45, 7) is 7.01. The number of carboxylic acids is 1. The van der Waals surface area contributed by atoms with Crippen molar-refractivity contribution < 1.29 is 14.7 Å². The lowest BCUT2D eigenvalue weighted by Crippen LogP contribution is -2.51. The monoisotopic (exact) mass is 214 g/mol. The number of nitrogens with zero attached hydrogens (tertiary/aromatic N) is 1. The Kier molecular flexibility index (Phi) is 5.00. The van der Waals surface area contributed by atoms with E-state index in [2.05, 4.69) is 11.9 Å². The molecule has 0 aromatic rings. The largest absolute Gasteiger partial charge is 0.480 e. The Hall–Kier alpha value is -1.36. The van der Waals surface area contributed by atoms with E-state index in [1.54, 1.807) is 27.0 Å². The van der Waals surface area contributed by atoms with Gasteiger partial charge in [0.2, 0.25) is 5.91 Å². The van der Waals surface area contributed by atoms with E-state index in [1.165, 1.54) is 4.90 Å². The van der Waals surface area contributed by atoms with Gasteiger partial charge in [-0.15, -0.1) is 6.58 Å². The van der Waals surface area contributed by atoms with Crippen molar-refractivity contribution >= 4 is 11.9 Å². The molecule has 0 bridgehead atoms. The molecule has 0 rings (SSSR count). The minimum absolute atomic E-state index is 0.0487. The van der Waals surface area contributed by atoms with E-state index in [0.29, 0.717) is 6.54 Å². The normalized spacial score (nSPS) is 11.2. The molecule has 0 saturated carbocycles. The highest BCUT2D eigenvalue weighted by Gasteiger charge is 2.32. The van der Waals surface area contributed by atoms with E-state index in [0.717, 1.165) is 0 Å². The van der Waals surface area contributed by atoms with Gasteiger partial charge in [0.25, 0.3) is 0 Å². The number of amides is 1. The lowest BCUT2D eigenvalue weighted by molar-refractivity contribution is -0.149. The van der Waals surface area contributed by atoms with Gasteiger partial charge >= 0.3 is 5.97 Å². The fraction of sp³-hybridized carbons (Fsp3) is 0.600. The minimum Gasteiger partial charge on any atom is -0.480 e. The van der Waals surface area contributed by atoms with Gasteiger partial charge < -0.3 is 10.4 Å². The highest BCUT2D eigenvalue weighted by atomic mass is 16.4. The Bertz CT molecular complexity index is 261. The van der Waals surface area contributed by atoms with E-state index in [1.807, 2.05) is 0 Å². The van der Waals surface area contributed by atoms with Crippen molar-refractivity contribution in [3.8, 4) is 0 Å². The van der Waals surface area contributed by atoms with Crippen LogP contribution in [0.1, 0.15) is 13.8 Å². The van der Waals surface area contributed by atoms with E-state index in [9.17, 15) is 9.59 Å². The van der Waals surface area contributed by atoms with Crippen molar-refractivity contribution in [2.75, 3.05) is 20.1 Å². The number of carbonyl (C=O) groups is 2. The second-order valence-corrected chi connectivity index (χ2v) is 3.81. The summed E-state index contributed by atoms with van der Waals surface area (Å²) >= 11 is 0. The van der Waals surface area contributed by atoms with Crippen LogP contribution in [0.3, 0.4) is 0 Å². The second kappa shape index (κ2) is 5.50. The Labute approximate surface area is 89.8 Å². The Morgan fingerprint density at radius 3 is 2.47 bits per heavy atom. The number of hydrogen-bond acceptors (Lipinski definition) is 3. The molecule has 5 nitrogen and oxygen atoms in total. The summed E-state index contributed by atoms with van der Waals surface area (Å²) in [4.78, 5) is 23.6. The third-order valence-electron chi connectivity index (χ3n) is 2.30. The number of nitrogens with one attached hydrogen (secondary N) is 1. The van der Waals surface area contributed by atoms with Gasteiger partial charge in [0.15, 0.2) is 0 Å². The van der Waals surface area contributed by atoms with E-state index in [-0.39, 0.29) is 12.5 Å². The van der Waals surface area contributed by atoms with Crippen LogP contribution in [0.4, 0.5) is 0 Å². The summed E-state index contributed by atoms with van der Waals surface area (Å²) < 4.78 is 0. The fourth-order valence-electron chi connectivity index (χ4n) is 0.818. The number of aliphatic carboxylic acids is 1. The molecular formula is C10H18N2O3. The molecule has 0 radical (unpaired) electrons. The third kappa shape index (κ3) is 4.12. The van der Waals surface area contributed by atoms with Crippen molar-refractivity contribution in [2.24, 2.45) is 0 Å². The fourth-order valence-corrected chi connectivity index (χ4v) is 0.818. The van der Waals surface area contributed by atoms with Crippen LogP contribution in [0, 0.1) is 0 Å². The van der Waals surface area contributed by atoms with Crippen molar-refractivity contribution in [3.63, 3.8) is 0 Å². The molecule has 0 aliphatic rings. The van der Waals surface area contributed by atoms with Crippen LogP contribution in [0.15, 0.2) is 12.7 Å². The summed E-state index contributed by atoms with van der Waals surface area (Å²) in [7, 11) is 1.60. The molecule has 86 valence electrons. The predicted molar refractivity (Wildman–Crippen MR) is 57.6 cm³/mol. The molecule has 15 heavy (non-hydrogen) atoms. The van der Waals surface area contributed by atoms with E-state index >= 15 is 0 Å². The third-order valence-corrected chi connectivity index (χ3v) is 2.30. The van der Waals surface area contributed by atoms with Crippen LogP contribution < -0.4 is 5.32 Å². The molecule has 0 fully saturated rings. The lowest BCUT2D eigenvalue weighted by atomic mass is 10.0. The van der Waals surface area contributed by atoms with E-state index < -0.39 is 11.5 Å². The van der Waals surface area contributed by atoms with Crippen molar-refractivity contribution in [1.29, 1.82) is 0 Å². The van der Waals surface area contributed by atoms with Gasteiger partial charge in [0.05, 0.1) is 6.54 Å². The first kappa shape index (κ1) is 13.6. The average Bonchev–Trinajstić information content (AvgIpc) is 2.14. The summed E-state index contributed by atoms with van der Waals surface area (Å²) in [5.74, 6) is -1.17. The summed E-state index contributed by atoms with van der Waals surface area (Å²) in [5.41, 5.74) is -1.05. The first-order valence-corrected chi connectivity index (χ1v) is 4.64. The maximum atomic E-state index is 11.3. The molecule has 2 N–H and O–H groups in total. The number of carboxylic acid groups (broad SMARTS) is 1. The zero-order valence-corrected chi connectivity index (χ0v) is 9.41. The van der Waals surface area contributed by atoms with Crippen molar-refractivity contribution in [2.45, 2.75) is 19.4 Å². The summed E-state index contributed by atoms with van der Waals surface area (Å²) in [6, 6.07) is 0. The summed E-state index contributed by atoms with van der Waals surface area (Å²) in [5, 5.41) is 11.5. The topological polar surface area (TPSA) is 69.6 Å². The number of carbonyl (C=O) groups excluding carboxylic acids is 1. The Morgan fingerprint density at radius 2 is 2.07 bits per heavy atom. The number of hydrogen-bond donors (Lipinski definition) is 2. The zero-order valence-electron chi connectivity index (χ0n) is 9.41. The van der Waals surface area contributed by atoms with Gasteiger partial charge in [-0.1, -0.05) is 6.08 Å². The van der Waals surface area contributed by atoms with Crippen molar-refractivity contribution in [1.82, 2.24) is 10.2 Å². The first-order chi connectivity index (χ1) is 6.82. The van der Waals surface area contributed by atoms with E-state index in [4.69, 9.17) is 5.11 Å². The number of likely N-dealkylation sites (N-methyl/N-ethyl adjacent to an activating group) is 1. The SMILES string of the molecule is C=CCNC(=O)CN(C)C(C)(C)C(=O)O. The molecule has 0 aliphatic heterocycles. The molecule has 0 aromatic carbocycles. The molecular weight excluding hydrogens is 196 g/mol. The van der Waals surface area contributed by atoms with Crippen LogP contribution in [-0.4, -0.2) is 47.6 Å². The maximum Gasteiger partial charge on any atom is 0.323 e. The molecule has 0 heterocycles. The maximum absolute atomic E-state index is 11.3. The van der Waals surface area contributed by atoms with Crippen LogP contribution in [0.25, 0.3) is 0 Å². The molecule has 0 aliphatic carbocycles. The minimum atomic E-state index is -1.05. The highest BCUT2D eigenvalue weighted by molar-refractivity contribution is 5.81. The lowest BCUT2D eigenvalue weighted by Gasteiger charge is -2.30. The second-order valence-electron chi connectivity index (χ2n) is 3.81. The molecule has 5 heteroatoms. The van der Waals surface area contributed by atoms with Gasteiger partial charge in [-0.3, -0.25) is 14.5 Å². The molecule has 0 unspecified atom stereocenters. The quantitative estimate of drug-likeness (QED) is 0.614. The van der Waals surface area contributed by atoms with Gasteiger partial charge in [0.1, 0.15) is 5.54 Å². The highest BCUT2D eigenvalue weighted by Crippen LogP contribution is 2.11.